The van der Waals surface area contributed by atoms with E-state index in [4.69, 9.17) is 10.2 Å². The van der Waals surface area contributed by atoms with E-state index >= 15 is 0 Å². The number of nitrogens with one attached hydrogen (secondary N) is 2. The second-order valence-electron chi connectivity index (χ2n) is 5.05. The Kier molecular flexibility index (Phi) is 5.83. The molecule has 2 aromatic rings. The molecule has 8 nitrogen and oxygen atoms in total. The van der Waals surface area contributed by atoms with Crippen molar-refractivity contribution in [2.75, 3.05) is 10.6 Å². The van der Waals surface area contributed by atoms with Gasteiger partial charge in [-0.3, -0.25) is 9.59 Å². The van der Waals surface area contributed by atoms with Gasteiger partial charge in [-0.15, -0.1) is 0 Å². The molecular weight excluding hydrogens is 340 g/mol. The summed E-state index contributed by atoms with van der Waals surface area (Å²) >= 11 is 0. The first-order valence-electron chi connectivity index (χ1n) is 7.32. The van der Waals surface area contributed by atoms with E-state index in [1.54, 1.807) is 12.1 Å². The van der Waals surface area contributed by atoms with Crippen LogP contribution in [0.2, 0.25) is 0 Å². The first-order chi connectivity index (χ1) is 12.4. The van der Waals surface area contributed by atoms with Crippen LogP contribution in [0.4, 0.5) is 11.4 Å². The van der Waals surface area contributed by atoms with Gasteiger partial charge in [0.25, 0.3) is 5.91 Å². The number of amides is 2. The summed E-state index contributed by atoms with van der Waals surface area (Å²) in [4.78, 5) is 45.6. The van der Waals surface area contributed by atoms with Gasteiger partial charge in [0, 0.05) is 17.8 Å². The number of rotatable bonds is 6. The molecular formula is C18H14N2O6. The van der Waals surface area contributed by atoms with Crippen molar-refractivity contribution in [1.29, 1.82) is 0 Å². The monoisotopic (exact) mass is 354 g/mol. The Morgan fingerprint density at radius 1 is 0.846 bits per heavy atom. The Hall–Kier alpha value is -3.94. The summed E-state index contributed by atoms with van der Waals surface area (Å²) in [6.07, 6.45) is 1.50. The molecule has 0 fully saturated rings. The average molecular weight is 354 g/mol. The van der Waals surface area contributed by atoms with Gasteiger partial charge in [0.15, 0.2) is 0 Å². The Labute approximate surface area is 147 Å². The van der Waals surface area contributed by atoms with Crippen molar-refractivity contribution >= 4 is 35.1 Å². The minimum absolute atomic E-state index is 0.0168. The highest BCUT2D eigenvalue weighted by atomic mass is 16.4. The lowest BCUT2D eigenvalue weighted by Gasteiger charge is -2.11. The molecule has 0 unspecified atom stereocenters. The van der Waals surface area contributed by atoms with E-state index < -0.39 is 23.8 Å². The van der Waals surface area contributed by atoms with Crippen molar-refractivity contribution < 1.29 is 29.4 Å². The molecule has 8 heteroatoms. The molecule has 0 aromatic heterocycles. The van der Waals surface area contributed by atoms with Crippen LogP contribution >= 0.6 is 0 Å². The molecule has 0 saturated heterocycles. The predicted octanol–water partition coefficient (Wildman–Crippen LogP) is 2.22. The molecule has 2 rings (SSSR count). The van der Waals surface area contributed by atoms with Crippen LogP contribution in [0.5, 0.6) is 0 Å². The molecule has 0 spiro atoms. The second-order valence-corrected chi connectivity index (χ2v) is 5.05. The van der Waals surface area contributed by atoms with E-state index in [9.17, 15) is 19.2 Å². The summed E-state index contributed by atoms with van der Waals surface area (Å²) in [7, 11) is 0. The van der Waals surface area contributed by atoms with E-state index in [1.807, 2.05) is 0 Å². The topological polar surface area (TPSA) is 133 Å². The molecule has 132 valence electrons. The molecule has 2 amide bonds. The van der Waals surface area contributed by atoms with Gasteiger partial charge in [0.05, 0.1) is 16.8 Å². The number of carboxylic acid groups (broad SMARTS) is 2. The van der Waals surface area contributed by atoms with Crippen molar-refractivity contribution in [1.82, 2.24) is 0 Å². The zero-order chi connectivity index (χ0) is 19.1. The van der Waals surface area contributed by atoms with Gasteiger partial charge in [0.1, 0.15) is 0 Å². The van der Waals surface area contributed by atoms with Gasteiger partial charge < -0.3 is 20.8 Å². The van der Waals surface area contributed by atoms with E-state index in [0.29, 0.717) is 6.08 Å². The highest BCUT2D eigenvalue weighted by molar-refractivity contribution is 6.12. The number of hydrogen-bond acceptors (Lipinski definition) is 4. The molecule has 4 N–H and O–H groups in total. The summed E-state index contributed by atoms with van der Waals surface area (Å²) in [5, 5.41) is 22.5. The van der Waals surface area contributed by atoms with Crippen LogP contribution in [0.15, 0.2) is 60.7 Å². The van der Waals surface area contributed by atoms with Gasteiger partial charge in [-0.1, -0.05) is 18.2 Å². The molecule has 0 saturated carbocycles. The van der Waals surface area contributed by atoms with E-state index in [-0.39, 0.29) is 22.5 Å². The summed E-state index contributed by atoms with van der Waals surface area (Å²) in [6, 6.07) is 11.8. The molecule has 0 aliphatic rings. The number of aliphatic carboxylic acids is 1. The number of anilines is 2. The number of aromatic carboxylic acids is 1. The minimum Gasteiger partial charge on any atom is -0.478 e. The summed E-state index contributed by atoms with van der Waals surface area (Å²) in [6.45, 7) is 0. The largest absolute Gasteiger partial charge is 0.478 e. The third-order valence-corrected chi connectivity index (χ3v) is 3.17. The number of carboxylic acids is 2. The molecule has 26 heavy (non-hydrogen) atoms. The molecule has 0 atom stereocenters. The first-order valence-corrected chi connectivity index (χ1v) is 7.32. The molecule has 2 aromatic carbocycles. The van der Waals surface area contributed by atoms with Crippen LogP contribution in [0.25, 0.3) is 0 Å². The maximum absolute atomic E-state index is 12.4. The Morgan fingerprint density at radius 3 is 2.27 bits per heavy atom. The average Bonchev–Trinajstić information content (AvgIpc) is 2.60. The molecule has 0 radical (unpaired) electrons. The Morgan fingerprint density at radius 2 is 1.58 bits per heavy atom. The standard InChI is InChI=1S/C18H14N2O6/c21-15(8-9-16(22)23)20-14-7-2-1-6-13(14)17(24)19-12-5-3-4-11(10-12)18(25)26/h1-10H,(H,19,24)(H,20,21)(H,22,23)(H,25,26)/b9-8+. The highest BCUT2D eigenvalue weighted by Crippen LogP contribution is 2.18. The highest BCUT2D eigenvalue weighted by Gasteiger charge is 2.13. The zero-order valence-corrected chi connectivity index (χ0v) is 13.3. The quantitative estimate of drug-likeness (QED) is 0.588. The fraction of sp³-hybridized carbons (Fsp3) is 0. The lowest BCUT2D eigenvalue weighted by atomic mass is 10.1. The molecule has 0 heterocycles. The van der Waals surface area contributed by atoms with Crippen molar-refractivity contribution in [3.8, 4) is 0 Å². The van der Waals surface area contributed by atoms with Crippen LogP contribution in [0.3, 0.4) is 0 Å². The summed E-state index contributed by atoms with van der Waals surface area (Å²) in [5.41, 5.74) is 0.606. The second kappa shape index (κ2) is 8.25. The van der Waals surface area contributed by atoms with E-state index in [1.165, 1.54) is 36.4 Å². The van der Waals surface area contributed by atoms with Crippen molar-refractivity contribution in [2.24, 2.45) is 0 Å². The van der Waals surface area contributed by atoms with E-state index in [0.717, 1.165) is 6.08 Å². The lowest BCUT2D eigenvalue weighted by Crippen LogP contribution is -2.17. The van der Waals surface area contributed by atoms with Gasteiger partial charge in [-0.2, -0.15) is 0 Å². The van der Waals surface area contributed by atoms with Gasteiger partial charge in [-0.25, -0.2) is 9.59 Å². The van der Waals surface area contributed by atoms with Gasteiger partial charge in [0.2, 0.25) is 5.91 Å². The van der Waals surface area contributed by atoms with Crippen LogP contribution in [0, 0.1) is 0 Å². The summed E-state index contributed by atoms with van der Waals surface area (Å²) in [5.74, 6) is -3.67. The van der Waals surface area contributed by atoms with Crippen LogP contribution in [-0.4, -0.2) is 34.0 Å². The predicted molar refractivity (Wildman–Crippen MR) is 93.2 cm³/mol. The smallest absolute Gasteiger partial charge is 0.335 e. The van der Waals surface area contributed by atoms with Crippen LogP contribution in [0.1, 0.15) is 20.7 Å². The maximum Gasteiger partial charge on any atom is 0.335 e. The van der Waals surface area contributed by atoms with Crippen molar-refractivity contribution in [3.63, 3.8) is 0 Å². The van der Waals surface area contributed by atoms with Crippen molar-refractivity contribution in [3.05, 3.63) is 71.8 Å². The van der Waals surface area contributed by atoms with Crippen molar-refractivity contribution in [2.45, 2.75) is 0 Å². The summed E-state index contributed by atoms with van der Waals surface area (Å²) < 4.78 is 0. The number of benzene rings is 2. The first kappa shape index (κ1) is 18.4. The zero-order valence-electron chi connectivity index (χ0n) is 13.3. The Balaban J connectivity index is 2.19. The number of carbonyl (C=O) groups is 4. The van der Waals surface area contributed by atoms with Crippen LogP contribution in [-0.2, 0) is 9.59 Å². The van der Waals surface area contributed by atoms with Gasteiger partial charge >= 0.3 is 11.9 Å². The Bertz CT molecular complexity index is 904. The minimum atomic E-state index is -1.27. The molecule has 0 aliphatic carbocycles. The number of hydrogen-bond donors (Lipinski definition) is 4. The maximum atomic E-state index is 12.4. The SMILES string of the molecule is O=C(O)/C=C/C(=O)Nc1ccccc1C(=O)Nc1cccc(C(=O)O)c1. The third kappa shape index (κ3) is 5.03. The normalized spacial score (nSPS) is 10.3. The number of carbonyl (C=O) groups excluding carboxylic acids is 2. The molecule has 0 aliphatic heterocycles. The fourth-order valence-corrected chi connectivity index (χ4v) is 2.04. The number of para-hydroxylation sites is 1. The van der Waals surface area contributed by atoms with Gasteiger partial charge in [-0.05, 0) is 30.3 Å². The fourth-order valence-electron chi connectivity index (χ4n) is 2.04. The molecule has 0 bridgehead atoms. The van der Waals surface area contributed by atoms with Crippen LogP contribution < -0.4 is 10.6 Å². The van der Waals surface area contributed by atoms with E-state index in [2.05, 4.69) is 10.6 Å². The third-order valence-electron chi connectivity index (χ3n) is 3.17. The lowest BCUT2D eigenvalue weighted by molar-refractivity contribution is -0.131.